The second-order valence-electron chi connectivity index (χ2n) is 5.56. The van der Waals surface area contributed by atoms with E-state index in [0.29, 0.717) is 25.4 Å². The molecule has 20 heavy (non-hydrogen) atoms. The molecule has 1 fully saturated rings. The number of hydrogen-bond acceptors (Lipinski definition) is 2. The van der Waals surface area contributed by atoms with Crippen LogP contribution in [0.3, 0.4) is 0 Å². The zero-order valence-corrected chi connectivity index (χ0v) is 11.9. The maximum absolute atomic E-state index is 13.9. The maximum atomic E-state index is 13.9. The molecule has 0 amide bonds. The van der Waals surface area contributed by atoms with E-state index in [-0.39, 0.29) is 5.56 Å². The maximum Gasteiger partial charge on any atom is 0.197 e. The van der Waals surface area contributed by atoms with Gasteiger partial charge in [-0.25, -0.2) is 8.78 Å². The van der Waals surface area contributed by atoms with Gasteiger partial charge in [0.25, 0.3) is 0 Å². The van der Waals surface area contributed by atoms with Gasteiger partial charge in [-0.1, -0.05) is 19.4 Å². The van der Waals surface area contributed by atoms with Crippen LogP contribution < -0.4 is 0 Å². The van der Waals surface area contributed by atoms with Crippen molar-refractivity contribution in [1.29, 1.82) is 0 Å². The Morgan fingerprint density at radius 3 is 2.85 bits per heavy atom. The summed E-state index contributed by atoms with van der Waals surface area (Å²) >= 11 is 0. The van der Waals surface area contributed by atoms with Crippen molar-refractivity contribution in [2.75, 3.05) is 6.61 Å². The Bertz CT molecular complexity index is 497. The summed E-state index contributed by atoms with van der Waals surface area (Å²) in [6.07, 6.45) is 3.03. The van der Waals surface area contributed by atoms with E-state index in [1.165, 1.54) is 12.1 Å². The predicted molar refractivity (Wildman–Crippen MR) is 72.7 cm³/mol. The third-order valence-electron chi connectivity index (χ3n) is 3.99. The van der Waals surface area contributed by atoms with Gasteiger partial charge < -0.3 is 4.74 Å². The van der Waals surface area contributed by atoms with Crippen molar-refractivity contribution in [2.45, 2.75) is 45.1 Å². The number of carbonyl (C=O) groups excluding carboxylic acids is 1. The van der Waals surface area contributed by atoms with Crippen LogP contribution in [0.25, 0.3) is 0 Å². The van der Waals surface area contributed by atoms with Crippen LogP contribution in [0.5, 0.6) is 0 Å². The van der Waals surface area contributed by atoms with E-state index >= 15 is 0 Å². The van der Waals surface area contributed by atoms with Gasteiger partial charge in [-0.15, -0.1) is 0 Å². The Kier molecular flexibility index (Phi) is 4.53. The molecule has 1 aromatic rings. The van der Waals surface area contributed by atoms with Gasteiger partial charge in [0, 0.05) is 6.61 Å². The summed E-state index contributed by atoms with van der Waals surface area (Å²) in [6.45, 7) is 4.26. The third kappa shape index (κ3) is 2.75. The Hall–Kier alpha value is -1.29. The molecule has 0 saturated heterocycles. The fourth-order valence-corrected chi connectivity index (χ4v) is 3.11. The average molecular weight is 282 g/mol. The van der Waals surface area contributed by atoms with E-state index in [4.69, 9.17) is 4.74 Å². The minimum absolute atomic E-state index is 0.201. The van der Waals surface area contributed by atoms with Crippen LogP contribution in [-0.4, -0.2) is 18.0 Å². The topological polar surface area (TPSA) is 26.3 Å². The van der Waals surface area contributed by atoms with E-state index < -0.39 is 23.0 Å². The molecule has 110 valence electrons. The van der Waals surface area contributed by atoms with E-state index in [9.17, 15) is 13.6 Å². The van der Waals surface area contributed by atoms with Crippen molar-refractivity contribution < 1.29 is 18.3 Å². The highest BCUT2D eigenvalue weighted by Crippen LogP contribution is 2.38. The summed E-state index contributed by atoms with van der Waals surface area (Å²) in [7, 11) is 0. The summed E-state index contributed by atoms with van der Waals surface area (Å²) in [4.78, 5) is 12.7. The monoisotopic (exact) mass is 282 g/mol. The van der Waals surface area contributed by atoms with E-state index in [0.717, 1.165) is 18.9 Å². The zero-order chi connectivity index (χ0) is 14.8. The highest BCUT2D eigenvalue weighted by molar-refractivity contribution is 6.02. The standard InChI is InChI=1S/C16H20F2O2/c1-3-20-16(9-5-6-11(2)10-16)15(19)12-7-4-8-13(17)14(12)18/h4,7-8,11H,3,5-6,9-10H2,1-2H3. The van der Waals surface area contributed by atoms with Crippen LogP contribution in [0.2, 0.25) is 0 Å². The summed E-state index contributed by atoms with van der Waals surface area (Å²) in [5.41, 5.74) is -1.20. The predicted octanol–water partition coefficient (Wildman–Crippen LogP) is 4.13. The third-order valence-corrected chi connectivity index (χ3v) is 3.99. The average Bonchev–Trinajstić information content (AvgIpc) is 2.41. The lowest BCUT2D eigenvalue weighted by Crippen LogP contribution is -2.46. The van der Waals surface area contributed by atoms with E-state index in [1.54, 1.807) is 0 Å². The molecular formula is C16H20F2O2. The molecule has 0 aromatic heterocycles. The van der Waals surface area contributed by atoms with Crippen LogP contribution in [0.15, 0.2) is 18.2 Å². The first-order valence-electron chi connectivity index (χ1n) is 7.13. The van der Waals surface area contributed by atoms with Crippen molar-refractivity contribution in [1.82, 2.24) is 0 Å². The first-order chi connectivity index (χ1) is 9.50. The molecule has 2 rings (SSSR count). The van der Waals surface area contributed by atoms with Gasteiger partial charge >= 0.3 is 0 Å². The first kappa shape index (κ1) is 15.1. The summed E-state index contributed by atoms with van der Waals surface area (Å²) in [5.74, 6) is -2.15. The molecule has 2 atom stereocenters. The largest absolute Gasteiger partial charge is 0.367 e. The molecule has 0 aliphatic heterocycles. The molecule has 1 saturated carbocycles. The molecular weight excluding hydrogens is 262 g/mol. The number of hydrogen-bond donors (Lipinski definition) is 0. The summed E-state index contributed by atoms with van der Waals surface area (Å²) < 4.78 is 32.9. The van der Waals surface area contributed by atoms with Crippen molar-refractivity contribution in [2.24, 2.45) is 5.92 Å². The lowest BCUT2D eigenvalue weighted by atomic mass is 9.74. The number of halogens is 2. The SMILES string of the molecule is CCOC1(C(=O)c2cccc(F)c2F)CCCC(C)C1. The molecule has 2 unspecified atom stereocenters. The van der Waals surface area contributed by atoms with E-state index in [1.807, 2.05) is 6.92 Å². The van der Waals surface area contributed by atoms with Crippen LogP contribution >= 0.6 is 0 Å². The van der Waals surface area contributed by atoms with Crippen molar-refractivity contribution in [3.8, 4) is 0 Å². The molecule has 0 N–H and O–H groups in total. The van der Waals surface area contributed by atoms with E-state index in [2.05, 4.69) is 6.92 Å². The van der Waals surface area contributed by atoms with Crippen LogP contribution in [-0.2, 0) is 4.74 Å². The highest BCUT2D eigenvalue weighted by Gasteiger charge is 2.43. The minimum Gasteiger partial charge on any atom is -0.367 e. The number of ether oxygens (including phenoxy) is 1. The normalized spacial score (nSPS) is 26.5. The molecule has 0 radical (unpaired) electrons. The minimum atomic E-state index is -1.07. The highest BCUT2D eigenvalue weighted by atomic mass is 19.2. The van der Waals surface area contributed by atoms with Gasteiger partial charge in [-0.3, -0.25) is 4.79 Å². The number of Topliss-reactive ketones (excluding diaryl/α,β-unsaturated/α-hetero) is 1. The van der Waals surface area contributed by atoms with Crippen molar-refractivity contribution >= 4 is 5.78 Å². The van der Waals surface area contributed by atoms with Gasteiger partial charge in [-0.2, -0.15) is 0 Å². The fourth-order valence-electron chi connectivity index (χ4n) is 3.11. The summed E-state index contributed by atoms with van der Waals surface area (Å²) in [6, 6.07) is 3.71. The zero-order valence-electron chi connectivity index (χ0n) is 11.9. The smallest absolute Gasteiger partial charge is 0.197 e. The molecule has 2 nitrogen and oxygen atoms in total. The Morgan fingerprint density at radius 1 is 1.45 bits per heavy atom. The van der Waals surface area contributed by atoms with Gasteiger partial charge in [0.05, 0.1) is 5.56 Å². The second-order valence-corrected chi connectivity index (χ2v) is 5.56. The number of carbonyl (C=O) groups is 1. The quantitative estimate of drug-likeness (QED) is 0.776. The van der Waals surface area contributed by atoms with Crippen molar-refractivity contribution in [3.05, 3.63) is 35.4 Å². The Morgan fingerprint density at radius 2 is 2.20 bits per heavy atom. The fraction of sp³-hybridized carbons (Fsp3) is 0.562. The van der Waals surface area contributed by atoms with Crippen LogP contribution in [0, 0.1) is 17.6 Å². The summed E-state index contributed by atoms with van der Waals surface area (Å²) in [5, 5.41) is 0. The molecule has 4 heteroatoms. The molecule has 1 aliphatic carbocycles. The number of ketones is 1. The Balaban J connectivity index is 2.38. The lowest BCUT2D eigenvalue weighted by Gasteiger charge is -2.38. The molecule has 1 aromatic carbocycles. The van der Waals surface area contributed by atoms with Crippen LogP contribution in [0.1, 0.15) is 49.9 Å². The Labute approximate surface area is 118 Å². The molecule has 0 spiro atoms. The molecule has 0 heterocycles. The molecule has 1 aliphatic rings. The van der Waals surface area contributed by atoms with Crippen molar-refractivity contribution in [3.63, 3.8) is 0 Å². The van der Waals surface area contributed by atoms with Gasteiger partial charge in [0.1, 0.15) is 5.60 Å². The van der Waals surface area contributed by atoms with Crippen LogP contribution in [0.4, 0.5) is 8.78 Å². The number of benzene rings is 1. The molecule has 0 bridgehead atoms. The van der Waals surface area contributed by atoms with Gasteiger partial charge in [-0.05, 0) is 44.2 Å². The number of rotatable bonds is 4. The van der Waals surface area contributed by atoms with Gasteiger partial charge in [0.15, 0.2) is 17.4 Å². The second kappa shape index (κ2) is 6.00. The first-order valence-corrected chi connectivity index (χ1v) is 7.13. The lowest BCUT2D eigenvalue weighted by molar-refractivity contribution is -0.0514. The van der Waals surface area contributed by atoms with Gasteiger partial charge in [0.2, 0.25) is 0 Å².